The molecule has 0 saturated carbocycles. The van der Waals surface area contributed by atoms with E-state index >= 15 is 0 Å². The smallest absolute Gasteiger partial charge is 0.0803 e. The van der Waals surface area contributed by atoms with Gasteiger partial charge in [0.2, 0.25) is 0 Å². The number of nitrogens with zero attached hydrogens (tertiary/aromatic N) is 1. The Kier molecular flexibility index (Phi) is 8.68. The summed E-state index contributed by atoms with van der Waals surface area (Å²) < 4.78 is 0. The van der Waals surface area contributed by atoms with Gasteiger partial charge in [0.15, 0.2) is 0 Å². The van der Waals surface area contributed by atoms with E-state index in [4.69, 9.17) is 0 Å². The highest BCUT2D eigenvalue weighted by Gasteiger charge is 2.52. The summed E-state index contributed by atoms with van der Waals surface area (Å²) in [6.07, 6.45) is 18.9. The van der Waals surface area contributed by atoms with Gasteiger partial charge in [-0.3, -0.25) is 0 Å². The molecule has 0 aromatic heterocycles. The van der Waals surface area contributed by atoms with Gasteiger partial charge in [-0.05, 0) is 148 Å². The molecule has 0 heterocycles. The first-order chi connectivity index (χ1) is 35.1. The van der Waals surface area contributed by atoms with E-state index in [-0.39, 0.29) is 0 Å². The highest BCUT2D eigenvalue weighted by molar-refractivity contribution is 6.10. The third-order valence-electron chi connectivity index (χ3n) is 16.2. The zero-order chi connectivity index (χ0) is 46.8. The first-order valence-corrected chi connectivity index (χ1v) is 25.1. The van der Waals surface area contributed by atoms with Crippen LogP contribution >= 0.6 is 0 Å². The number of hydrogen-bond acceptors (Lipinski definition) is 1. The Bertz CT molecular complexity index is 3940. The lowest BCUT2D eigenvalue weighted by molar-refractivity contribution is 0.676. The number of rotatable bonds is 6. The van der Waals surface area contributed by atoms with Gasteiger partial charge in [-0.15, -0.1) is 0 Å². The molecule has 0 radical (unpaired) electrons. The molecule has 332 valence electrons. The summed E-state index contributed by atoms with van der Waals surface area (Å²) >= 11 is 0. The van der Waals surface area contributed by atoms with E-state index in [0.29, 0.717) is 0 Å². The lowest BCUT2D eigenvalue weighted by Gasteiger charge is -2.48. The summed E-state index contributed by atoms with van der Waals surface area (Å²) in [7, 11) is 0. The van der Waals surface area contributed by atoms with Gasteiger partial charge < -0.3 is 4.90 Å². The fourth-order valence-electron chi connectivity index (χ4n) is 13.2. The van der Waals surface area contributed by atoms with Gasteiger partial charge in [-0.2, -0.15) is 0 Å². The van der Waals surface area contributed by atoms with Gasteiger partial charge in [-0.1, -0.05) is 218 Å². The van der Waals surface area contributed by atoms with Gasteiger partial charge in [-0.25, -0.2) is 0 Å². The summed E-state index contributed by atoms with van der Waals surface area (Å²) in [5, 5.41) is 0. The van der Waals surface area contributed by atoms with Crippen LogP contribution in [0.25, 0.3) is 78.9 Å². The van der Waals surface area contributed by atoms with Gasteiger partial charge in [0.1, 0.15) is 0 Å². The molecule has 9 aromatic carbocycles. The van der Waals surface area contributed by atoms with E-state index in [2.05, 4.69) is 255 Å². The largest absolute Gasteiger partial charge is 0.311 e. The molecule has 0 bridgehead atoms. The molecule has 9 aromatic rings. The van der Waals surface area contributed by atoms with Crippen LogP contribution in [0.2, 0.25) is 0 Å². The van der Waals surface area contributed by atoms with E-state index in [1.54, 1.807) is 0 Å². The molecule has 71 heavy (non-hydrogen) atoms. The van der Waals surface area contributed by atoms with Crippen molar-refractivity contribution in [3.8, 4) is 55.6 Å². The average Bonchev–Trinajstić information content (AvgIpc) is 4.21. The molecular formula is C70H47N. The Morgan fingerprint density at radius 3 is 1.45 bits per heavy atom. The van der Waals surface area contributed by atoms with Crippen molar-refractivity contribution in [2.24, 2.45) is 5.41 Å². The standard InChI is InChI=1S/C70H47N/c1-44-38-59-54-32-17-11-26-48(54)39-61(59)68(66(44)46-22-7-3-8-23-46)71(69-62-40-49-27-12-18-33-55(49)60(62)43-58(45-20-5-2-6-21-45)67(69)47-24-9-4-10-25-47)65-36-35-57-53-31-16-14-29-51(53)42-64(57)70(65)37-19-34-56-52-30-15-13-28-50(52)41-63(56)70/h2-38,41-43H,39-40H2,1H3. The van der Waals surface area contributed by atoms with Crippen molar-refractivity contribution in [3.63, 3.8) is 0 Å². The molecule has 1 spiro atoms. The number of benzene rings is 9. The molecule has 6 aliphatic rings. The fourth-order valence-corrected chi connectivity index (χ4v) is 13.2. The number of fused-ring (bicyclic) bond motifs is 14. The molecule has 1 atom stereocenters. The van der Waals surface area contributed by atoms with Crippen molar-refractivity contribution >= 4 is 34.7 Å². The summed E-state index contributed by atoms with van der Waals surface area (Å²) in [5.41, 5.74) is 32.6. The Morgan fingerprint density at radius 1 is 0.394 bits per heavy atom. The Morgan fingerprint density at radius 2 is 0.859 bits per heavy atom. The lowest BCUT2D eigenvalue weighted by Crippen LogP contribution is -2.38. The van der Waals surface area contributed by atoms with E-state index < -0.39 is 5.41 Å². The molecule has 15 rings (SSSR count). The monoisotopic (exact) mass is 901 g/mol. The zero-order valence-electron chi connectivity index (χ0n) is 39.5. The normalized spacial score (nSPS) is 16.8. The van der Waals surface area contributed by atoms with Crippen molar-refractivity contribution < 1.29 is 0 Å². The van der Waals surface area contributed by atoms with Crippen molar-refractivity contribution in [3.05, 3.63) is 297 Å². The third kappa shape index (κ3) is 5.75. The lowest BCUT2D eigenvalue weighted by atomic mass is 9.62. The second-order valence-electron chi connectivity index (χ2n) is 19.9. The van der Waals surface area contributed by atoms with Gasteiger partial charge >= 0.3 is 0 Å². The van der Waals surface area contributed by atoms with Crippen LogP contribution in [0, 0.1) is 12.3 Å². The van der Waals surface area contributed by atoms with E-state index in [1.807, 2.05) is 0 Å². The van der Waals surface area contributed by atoms with Crippen LogP contribution < -0.4 is 4.90 Å². The van der Waals surface area contributed by atoms with Crippen LogP contribution in [0.3, 0.4) is 0 Å². The predicted molar refractivity (Wildman–Crippen MR) is 297 cm³/mol. The molecule has 0 N–H and O–H groups in total. The highest BCUT2D eigenvalue weighted by atomic mass is 15.2. The van der Waals surface area contributed by atoms with Gasteiger partial charge in [0.05, 0.1) is 16.8 Å². The average molecular weight is 902 g/mol. The number of anilines is 2. The first kappa shape index (κ1) is 40.1. The summed E-state index contributed by atoms with van der Waals surface area (Å²) in [4.78, 5) is 2.84. The molecule has 0 fully saturated rings. The first-order valence-electron chi connectivity index (χ1n) is 25.1. The summed E-state index contributed by atoms with van der Waals surface area (Å²) in [5.74, 6) is 0. The maximum atomic E-state index is 2.84. The Balaban J connectivity index is 1.16. The number of aryl methyl sites for hydroxylation is 1. The van der Waals surface area contributed by atoms with Crippen LogP contribution in [0.1, 0.15) is 50.1 Å². The minimum Gasteiger partial charge on any atom is -0.311 e. The van der Waals surface area contributed by atoms with Crippen molar-refractivity contribution in [1.82, 2.24) is 0 Å². The topological polar surface area (TPSA) is 3.24 Å². The van der Waals surface area contributed by atoms with Crippen LogP contribution in [-0.4, -0.2) is 0 Å². The molecule has 0 amide bonds. The van der Waals surface area contributed by atoms with Crippen molar-refractivity contribution in [2.45, 2.75) is 19.8 Å². The van der Waals surface area contributed by atoms with Crippen molar-refractivity contribution in [2.75, 3.05) is 4.90 Å². The van der Waals surface area contributed by atoms with Crippen molar-refractivity contribution in [1.29, 1.82) is 0 Å². The minimum atomic E-state index is -0.711. The van der Waals surface area contributed by atoms with E-state index in [1.165, 1.54) is 145 Å². The van der Waals surface area contributed by atoms with E-state index in [9.17, 15) is 0 Å². The summed E-state index contributed by atoms with van der Waals surface area (Å²) in [6.45, 7) is 2.35. The number of allylic oxidation sites excluding steroid dienone is 7. The predicted octanol–water partition coefficient (Wildman–Crippen LogP) is 17.7. The molecular weight excluding hydrogens is 855 g/mol. The molecule has 1 unspecified atom stereocenters. The SMILES string of the molecule is Cc1cc2c(c(N(C3=CC=C4C(=Cc5ccccc54)C34C=CC=C3C4=Cc4ccccc43)c3c4c(cc(-c5ccccc5)c3-c3ccccc3)-c3ccccc3C4)c1-c1ccccc1)Cc1ccccc1-2. The third-order valence-corrected chi connectivity index (χ3v) is 16.2. The van der Waals surface area contributed by atoms with Crippen LogP contribution in [0.5, 0.6) is 0 Å². The fraction of sp³-hybridized carbons (Fsp3) is 0.0571. The second kappa shape index (κ2) is 15.4. The molecule has 0 saturated heterocycles. The minimum absolute atomic E-state index is 0.711. The van der Waals surface area contributed by atoms with Crippen LogP contribution in [-0.2, 0) is 12.8 Å². The van der Waals surface area contributed by atoms with Crippen LogP contribution in [0.4, 0.5) is 11.4 Å². The maximum absolute atomic E-state index is 2.84. The van der Waals surface area contributed by atoms with E-state index in [0.717, 1.165) is 12.8 Å². The highest BCUT2D eigenvalue weighted by Crippen LogP contribution is 2.66. The van der Waals surface area contributed by atoms with Gasteiger partial charge in [0, 0.05) is 29.7 Å². The number of hydrogen-bond donors (Lipinski definition) is 0. The summed E-state index contributed by atoms with van der Waals surface area (Å²) in [6, 6.07) is 74.9. The zero-order valence-corrected chi connectivity index (χ0v) is 39.5. The maximum Gasteiger partial charge on any atom is 0.0803 e. The quantitative estimate of drug-likeness (QED) is 0.161. The molecule has 0 aliphatic heterocycles. The van der Waals surface area contributed by atoms with Crippen LogP contribution in [0.15, 0.2) is 247 Å². The second-order valence-corrected chi connectivity index (χ2v) is 19.9. The van der Waals surface area contributed by atoms with Gasteiger partial charge in [0.25, 0.3) is 0 Å². The Labute approximate surface area is 415 Å². The molecule has 6 aliphatic carbocycles. The molecule has 1 nitrogen and oxygen atoms in total. The Hall–Kier alpha value is -8.78. The molecule has 1 heteroatoms.